The molecule has 1 aromatic rings. The molecule has 1 saturated carbocycles. The number of aromatic nitrogens is 1. The van der Waals surface area contributed by atoms with Crippen LogP contribution in [0.25, 0.3) is 0 Å². The molecule has 1 aliphatic rings. The highest BCUT2D eigenvalue weighted by Gasteiger charge is 2.39. The van der Waals surface area contributed by atoms with E-state index in [2.05, 4.69) is 28.9 Å². The number of carbonyl (C=O) groups excluding carboxylic acids is 1. The second-order valence-electron chi connectivity index (χ2n) is 6.02. The van der Waals surface area contributed by atoms with Crippen LogP contribution in [0.5, 0.6) is 0 Å². The number of anilines is 2. The van der Waals surface area contributed by atoms with E-state index in [1.807, 2.05) is 13.8 Å². The van der Waals surface area contributed by atoms with Crippen LogP contribution in [0.15, 0.2) is 0 Å². The summed E-state index contributed by atoms with van der Waals surface area (Å²) in [6.45, 7) is 8.17. The summed E-state index contributed by atoms with van der Waals surface area (Å²) in [6, 6.07) is 0.0797. The molecule has 0 spiro atoms. The first-order valence-electron chi connectivity index (χ1n) is 6.65. The lowest BCUT2D eigenvalue weighted by Gasteiger charge is -2.27. The largest absolute Gasteiger partial charge is 0.382 e. The minimum Gasteiger partial charge on any atom is -0.382 e. The summed E-state index contributed by atoms with van der Waals surface area (Å²) < 4.78 is 4.10. The number of amides is 1. The van der Waals surface area contributed by atoms with Crippen LogP contribution in [0.1, 0.15) is 50.9 Å². The third-order valence-corrected chi connectivity index (χ3v) is 4.18. The van der Waals surface area contributed by atoms with Crippen LogP contribution >= 0.6 is 11.5 Å². The fourth-order valence-corrected chi connectivity index (χ4v) is 3.02. The van der Waals surface area contributed by atoms with Crippen molar-refractivity contribution in [3.63, 3.8) is 0 Å². The molecular weight excluding hydrogens is 260 g/mol. The Bertz CT molecular complexity index is 477. The first-order valence-corrected chi connectivity index (χ1v) is 7.43. The topological polar surface area (TPSA) is 80.0 Å². The van der Waals surface area contributed by atoms with Gasteiger partial charge < -0.3 is 16.4 Å². The third-order valence-electron chi connectivity index (χ3n) is 3.40. The monoisotopic (exact) mass is 282 g/mol. The Labute approximate surface area is 118 Å². The zero-order valence-electron chi connectivity index (χ0n) is 11.9. The maximum atomic E-state index is 12.2. The molecule has 2 rings (SSSR count). The molecule has 0 radical (unpaired) electrons. The second-order valence-corrected chi connectivity index (χ2v) is 6.79. The van der Waals surface area contributed by atoms with Crippen LogP contribution in [-0.4, -0.2) is 21.9 Å². The maximum absolute atomic E-state index is 12.2. The molecule has 1 fully saturated rings. The van der Waals surface area contributed by atoms with Crippen molar-refractivity contribution in [3.05, 3.63) is 5.56 Å². The summed E-state index contributed by atoms with van der Waals surface area (Å²) in [5.74, 6) is 0.810. The van der Waals surface area contributed by atoms with Crippen LogP contribution in [-0.2, 0) is 0 Å². The van der Waals surface area contributed by atoms with E-state index in [9.17, 15) is 4.79 Å². The zero-order valence-corrected chi connectivity index (χ0v) is 12.7. The van der Waals surface area contributed by atoms with Gasteiger partial charge in [0.25, 0.3) is 5.91 Å². The van der Waals surface area contributed by atoms with Crippen molar-refractivity contribution >= 4 is 28.3 Å². The molecule has 1 amide bonds. The van der Waals surface area contributed by atoms with Crippen molar-refractivity contribution in [2.75, 3.05) is 11.1 Å². The highest BCUT2D eigenvalue weighted by atomic mass is 32.1. The fraction of sp³-hybridized carbons (Fsp3) is 0.692. The molecule has 1 aromatic heterocycles. The van der Waals surface area contributed by atoms with Gasteiger partial charge in [0.1, 0.15) is 10.6 Å². The van der Waals surface area contributed by atoms with Crippen LogP contribution < -0.4 is 16.4 Å². The number of nitrogens with one attached hydrogen (secondary N) is 2. The van der Waals surface area contributed by atoms with Crippen LogP contribution in [0.3, 0.4) is 0 Å². The molecule has 106 valence electrons. The van der Waals surface area contributed by atoms with Gasteiger partial charge in [-0.1, -0.05) is 0 Å². The molecule has 0 bridgehead atoms. The number of nitrogens with zero attached hydrogens (tertiary/aromatic N) is 1. The lowest BCUT2D eigenvalue weighted by molar-refractivity contribution is 0.0945. The van der Waals surface area contributed by atoms with Gasteiger partial charge in [-0.2, -0.15) is 4.37 Å². The second kappa shape index (κ2) is 5.00. The molecule has 6 heteroatoms. The van der Waals surface area contributed by atoms with Gasteiger partial charge in [-0.25, -0.2) is 0 Å². The molecule has 0 unspecified atom stereocenters. The number of hydrogen-bond acceptors (Lipinski definition) is 5. The Morgan fingerprint density at radius 3 is 2.63 bits per heavy atom. The van der Waals surface area contributed by atoms with Crippen molar-refractivity contribution in [2.45, 2.75) is 52.1 Å². The minimum absolute atomic E-state index is 0.0220. The molecule has 4 N–H and O–H groups in total. The van der Waals surface area contributed by atoms with E-state index < -0.39 is 0 Å². The van der Waals surface area contributed by atoms with E-state index in [4.69, 9.17) is 5.73 Å². The normalized spacial score (nSPS) is 15.6. The molecule has 5 nitrogen and oxygen atoms in total. The predicted molar refractivity (Wildman–Crippen MR) is 79.6 cm³/mol. The maximum Gasteiger partial charge on any atom is 0.258 e. The summed E-state index contributed by atoms with van der Waals surface area (Å²) >= 11 is 1.26. The molecule has 0 atom stereocenters. The van der Waals surface area contributed by atoms with Gasteiger partial charge in [-0.05, 0) is 58.0 Å². The van der Waals surface area contributed by atoms with E-state index >= 15 is 0 Å². The van der Waals surface area contributed by atoms with Gasteiger partial charge in [0, 0.05) is 11.6 Å². The molecule has 19 heavy (non-hydrogen) atoms. The quantitative estimate of drug-likeness (QED) is 0.775. The first-order chi connectivity index (χ1) is 8.81. The Morgan fingerprint density at radius 2 is 2.11 bits per heavy atom. The predicted octanol–water partition coefficient (Wildman–Crippen LogP) is 2.46. The standard InChI is InChI=1S/C13H22N4OS/c1-7(2)15-11(18)9-10(14)17-19-12(9)16-13(3,4)8-5-6-8/h7-8,16H,5-6H2,1-4H3,(H2,14,17)(H,15,18). The van der Waals surface area contributed by atoms with Crippen molar-refractivity contribution in [3.8, 4) is 0 Å². The van der Waals surface area contributed by atoms with Gasteiger partial charge in [-0.3, -0.25) is 4.79 Å². The molecule has 0 aliphatic heterocycles. The van der Waals surface area contributed by atoms with Gasteiger partial charge in [0.05, 0.1) is 0 Å². The minimum atomic E-state index is -0.157. The molecular formula is C13H22N4OS. The highest BCUT2D eigenvalue weighted by Crippen LogP contribution is 2.42. The lowest BCUT2D eigenvalue weighted by Crippen LogP contribution is -2.35. The van der Waals surface area contributed by atoms with Gasteiger partial charge in [0.2, 0.25) is 0 Å². The summed E-state index contributed by atoms with van der Waals surface area (Å²) in [5.41, 5.74) is 6.28. The number of hydrogen-bond donors (Lipinski definition) is 3. The Balaban J connectivity index is 2.19. The zero-order chi connectivity index (χ0) is 14.2. The Hall–Kier alpha value is -1.30. The van der Waals surface area contributed by atoms with Gasteiger partial charge >= 0.3 is 0 Å². The number of carbonyl (C=O) groups is 1. The van der Waals surface area contributed by atoms with Crippen LogP contribution in [0.4, 0.5) is 10.8 Å². The van der Waals surface area contributed by atoms with Crippen molar-refractivity contribution in [1.82, 2.24) is 9.69 Å². The SMILES string of the molecule is CC(C)NC(=O)c1c(N)nsc1NC(C)(C)C1CC1. The summed E-state index contributed by atoms with van der Waals surface area (Å²) in [7, 11) is 0. The van der Waals surface area contributed by atoms with E-state index in [0.29, 0.717) is 17.3 Å². The Kier molecular flexibility index (Phi) is 3.71. The van der Waals surface area contributed by atoms with E-state index in [-0.39, 0.29) is 17.5 Å². The summed E-state index contributed by atoms with van der Waals surface area (Å²) in [4.78, 5) is 12.2. The summed E-state index contributed by atoms with van der Waals surface area (Å²) in [6.07, 6.45) is 2.48. The van der Waals surface area contributed by atoms with Crippen LogP contribution in [0.2, 0.25) is 0 Å². The fourth-order valence-electron chi connectivity index (χ4n) is 2.14. The van der Waals surface area contributed by atoms with Crippen molar-refractivity contribution < 1.29 is 4.79 Å². The number of nitrogen functional groups attached to an aromatic ring is 1. The lowest BCUT2D eigenvalue weighted by atomic mass is 9.99. The van der Waals surface area contributed by atoms with Crippen molar-refractivity contribution in [1.29, 1.82) is 0 Å². The molecule has 1 aliphatic carbocycles. The van der Waals surface area contributed by atoms with Crippen molar-refractivity contribution in [2.24, 2.45) is 5.92 Å². The van der Waals surface area contributed by atoms with E-state index in [1.54, 1.807) is 0 Å². The first kappa shape index (κ1) is 14.1. The van der Waals surface area contributed by atoms with E-state index in [0.717, 1.165) is 5.00 Å². The smallest absolute Gasteiger partial charge is 0.258 e. The summed E-state index contributed by atoms with van der Waals surface area (Å²) in [5, 5.41) is 7.07. The van der Waals surface area contributed by atoms with Crippen LogP contribution in [0, 0.1) is 5.92 Å². The average molecular weight is 282 g/mol. The highest BCUT2D eigenvalue weighted by molar-refractivity contribution is 7.11. The Morgan fingerprint density at radius 1 is 1.47 bits per heavy atom. The van der Waals surface area contributed by atoms with E-state index in [1.165, 1.54) is 24.4 Å². The van der Waals surface area contributed by atoms with Gasteiger partial charge in [-0.15, -0.1) is 0 Å². The number of nitrogens with two attached hydrogens (primary N) is 1. The molecule has 0 saturated heterocycles. The van der Waals surface area contributed by atoms with Gasteiger partial charge in [0.15, 0.2) is 5.82 Å². The third kappa shape index (κ3) is 3.18. The average Bonchev–Trinajstić information content (AvgIpc) is 3.04. The number of rotatable bonds is 5. The molecule has 1 heterocycles. The molecule has 0 aromatic carbocycles.